The predicted octanol–water partition coefficient (Wildman–Crippen LogP) is 5.07. The number of carbonyl (C=O) groups is 2. The van der Waals surface area contributed by atoms with Crippen molar-refractivity contribution in [3.05, 3.63) is 53.1 Å². The summed E-state index contributed by atoms with van der Waals surface area (Å²) in [6.07, 6.45) is 1.04. The molecule has 0 spiro atoms. The molecule has 1 heterocycles. The van der Waals surface area contributed by atoms with Crippen molar-refractivity contribution in [2.24, 2.45) is 5.92 Å². The fourth-order valence-corrected chi connectivity index (χ4v) is 3.94. The maximum atomic E-state index is 12.9. The third kappa shape index (κ3) is 5.74. The maximum Gasteiger partial charge on any atom is 0.255 e. The first-order valence-electron chi connectivity index (χ1n) is 11.2. The van der Waals surface area contributed by atoms with Crippen molar-refractivity contribution in [1.29, 1.82) is 0 Å². The van der Waals surface area contributed by atoms with Gasteiger partial charge in [-0.3, -0.25) is 9.59 Å². The molecule has 0 aromatic heterocycles. The zero-order chi connectivity index (χ0) is 23.3. The molecule has 1 saturated heterocycles. The first-order chi connectivity index (χ1) is 15.3. The summed E-state index contributed by atoms with van der Waals surface area (Å²) in [5.74, 6) is 0.683. The number of piperazine rings is 1. The number of para-hydroxylation sites is 1. The maximum absolute atomic E-state index is 12.9. The lowest BCUT2D eigenvalue weighted by Crippen LogP contribution is -2.50. The molecule has 2 aromatic rings. The van der Waals surface area contributed by atoms with Crippen molar-refractivity contribution in [2.45, 2.75) is 40.2 Å². The van der Waals surface area contributed by atoms with Gasteiger partial charge in [-0.2, -0.15) is 0 Å². The third-order valence-corrected chi connectivity index (χ3v) is 5.97. The van der Waals surface area contributed by atoms with Crippen molar-refractivity contribution < 1.29 is 14.3 Å². The molecule has 0 unspecified atom stereocenters. The highest BCUT2D eigenvalue weighted by atomic mass is 35.5. The quantitative estimate of drug-likeness (QED) is 0.630. The lowest BCUT2D eigenvalue weighted by molar-refractivity contribution is -0.134. The number of benzene rings is 2. The molecule has 0 bridgehead atoms. The second-order valence-corrected chi connectivity index (χ2v) is 8.83. The number of carbonyl (C=O) groups excluding carboxylic acids is 2. The van der Waals surface area contributed by atoms with Crippen LogP contribution in [0.5, 0.6) is 5.75 Å². The minimum Gasteiger partial charge on any atom is -0.491 e. The first kappa shape index (κ1) is 23.9. The molecule has 32 heavy (non-hydrogen) atoms. The van der Waals surface area contributed by atoms with Gasteiger partial charge in [0.1, 0.15) is 5.75 Å². The molecule has 172 valence electrons. The van der Waals surface area contributed by atoms with Crippen LogP contribution < -0.4 is 15.0 Å². The molecular weight excluding hydrogens is 426 g/mol. The zero-order valence-corrected chi connectivity index (χ0v) is 20.0. The van der Waals surface area contributed by atoms with Crippen LogP contribution in [0.1, 0.15) is 44.5 Å². The Bertz CT molecular complexity index is 938. The number of halogens is 1. The Labute approximate surface area is 195 Å². The highest BCUT2D eigenvalue weighted by Gasteiger charge is 2.25. The topological polar surface area (TPSA) is 61.9 Å². The van der Waals surface area contributed by atoms with E-state index in [-0.39, 0.29) is 23.8 Å². The molecule has 1 atom stereocenters. The Morgan fingerprint density at radius 2 is 1.69 bits per heavy atom. The van der Waals surface area contributed by atoms with Gasteiger partial charge in [0.15, 0.2) is 0 Å². The van der Waals surface area contributed by atoms with Gasteiger partial charge in [-0.05, 0) is 49.7 Å². The zero-order valence-electron chi connectivity index (χ0n) is 19.2. The molecule has 1 aliphatic heterocycles. The number of hydrogen-bond acceptors (Lipinski definition) is 4. The Balaban J connectivity index is 1.71. The average Bonchev–Trinajstić information content (AvgIpc) is 2.79. The lowest BCUT2D eigenvalue weighted by Gasteiger charge is -2.38. The van der Waals surface area contributed by atoms with Gasteiger partial charge in [-0.15, -0.1) is 0 Å². The summed E-state index contributed by atoms with van der Waals surface area (Å²) in [6, 6.07) is 12.6. The van der Waals surface area contributed by atoms with E-state index in [2.05, 4.69) is 17.1 Å². The summed E-state index contributed by atoms with van der Waals surface area (Å²) in [6.45, 7) is 10.5. The smallest absolute Gasteiger partial charge is 0.255 e. The Morgan fingerprint density at radius 1 is 1.03 bits per heavy atom. The summed E-state index contributed by atoms with van der Waals surface area (Å²) in [5, 5.41) is 3.58. The van der Waals surface area contributed by atoms with E-state index in [1.54, 1.807) is 12.1 Å². The van der Waals surface area contributed by atoms with E-state index in [1.807, 2.05) is 56.0 Å². The van der Waals surface area contributed by atoms with Crippen LogP contribution >= 0.6 is 11.6 Å². The van der Waals surface area contributed by atoms with Gasteiger partial charge in [-0.25, -0.2) is 0 Å². The number of rotatable bonds is 7. The number of hydrogen-bond donors (Lipinski definition) is 1. The highest BCUT2D eigenvalue weighted by molar-refractivity contribution is 6.34. The van der Waals surface area contributed by atoms with Crippen LogP contribution in [0.15, 0.2) is 42.5 Å². The summed E-state index contributed by atoms with van der Waals surface area (Å²) in [7, 11) is 0. The van der Waals surface area contributed by atoms with Crippen LogP contribution in [-0.4, -0.2) is 49.0 Å². The van der Waals surface area contributed by atoms with Gasteiger partial charge in [0.05, 0.1) is 22.5 Å². The van der Waals surface area contributed by atoms with E-state index in [9.17, 15) is 9.59 Å². The molecule has 6 nitrogen and oxygen atoms in total. The van der Waals surface area contributed by atoms with E-state index in [1.165, 1.54) is 0 Å². The third-order valence-electron chi connectivity index (χ3n) is 5.67. The van der Waals surface area contributed by atoms with Gasteiger partial charge >= 0.3 is 0 Å². The van der Waals surface area contributed by atoms with Crippen molar-refractivity contribution in [3.8, 4) is 5.75 Å². The molecule has 0 radical (unpaired) electrons. The van der Waals surface area contributed by atoms with Crippen LogP contribution in [0.2, 0.25) is 5.02 Å². The average molecular weight is 458 g/mol. The normalized spacial score (nSPS) is 14.9. The molecule has 2 amide bonds. The standard InChI is InChI=1S/C25H32ClN3O3/c1-5-18(4)32-20-11-9-19(10-12-20)24(30)27-22-8-6-7-21(26)23(22)28-13-15-29(16-14-28)25(31)17(2)3/h6-12,17-18H,5,13-16H2,1-4H3,(H,27,30)/t18-/m1/s1. The number of nitrogens with zero attached hydrogens (tertiary/aromatic N) is 2. The highest BCUT2D eigenvalue weighted by Crippen LogP contribution is 2.35. The van der Waals surface area contributed by atoms with Crippen LogP contribution in [0.3, 0.4) is 0 Å². The second kappa shape index (κ2) is 10.7. The van der Waals surface area contributed by atoms with E-state index in [0.29, 0.717) is 42.5 Å². The first-order valence-corrected chi connectivity index (χ1v) is 11.6. The summed E-state index contributed by atoms with van der Waals surface area (Å²) in [4.78, 5) is 29.2. The van der Waals surface area contributed by atoms with E-state index < -0.39 is 0 Å². The number of ether oxygens (including phenoxy) is 1. The SMILES string of the molecule is CC[C@@H](C)Oc1ccc(C(=O)Nc2cccc(Cl)c2N2CCN(C(=O)C(C)C)CC2)cc1. The number of nitrogens with one attached hydrogen (secondary N) is 1. The monoisotopic (exact) mass is 457 g/mol. The summed E-state index contributed by atoms with van der Waals surface area (Å²) in [5.41, 5.74) is 1.99. The van der Waals surface area contributed by atoms with E-state index in [4.69, 9.17) is 16.3 Å². The molecule has 1 N–H and O–H groups in total. The van der Waals surface area contributed by atoms with Crippen LogP contribution in [0.4, 0.5) is 11.4 Å². The fraction of sp³-hybridized carbons (Fsp3) is 0.440. The molecule has 7 heteroatoms. The Hall–Kier alpha value is -2.73. The van der Waals surface area contributed by atoms with Gasteiger partial charge in [0, 0.05) is 37.7 Å². The van der Waals surface area contributed by atoms with E-state index >= 15 is 0 Å². The van der Waals surface area contributed by atoms with Crippen molar-refractivity contribution in [1.82, 2.24) is 4.90 Å². The van der Waals surface area contributed by atoms with Gasteiger partial charge < -0.3 is 19.9 Å². The largest absolute Gasteiger partial charge is 0.491 e. The van der Waals surface area contributed by atoms with Crippen molar-refractivity contribution in [2.75, 3.05) is 36.4 Å². The van der Waals surface area contributed by atoms with Crippen LogP contribution in [0, 0.1) is 5.92 Å². The molecule has 0 aliphatic carbocycles. The number of amides is 2. The fourth-order valence-electron chi connectivity index (χ4n) is 3.65. The van der Waals surface area contributed by atoms with Gasteiger partial charge in [0.25, 0.3) is 5.91 Å². The molecule has 1 aliphatic rings. The Morgan fingerprint density at radius 3 is 2.28 bits per heavy atom. The van der Waals surface area contributed by atoms with Gasteiger partial charge in [0.2, 0.25) is 5.91 Å². The molecule has 0 saturated carbocycles. The molecule has 3 rings (SSSR count). The molecular formula is C25H32ClN3O3. The van der Waals surface area contributed by atoms with E-state index in [0.717, 1.165) is 17.9 Å². The van der Waals surface area contributed by atoms with Crippen LogP contribution in [-0.2, 0) is 4.79 Å². The number of anilines is 2. The second-order valence-electron chi connectivity index (χ2n) is 8.42. The minimum atomic E-state index is -0.211. The summed E-state index contributed by atoms with van der Waals surface area (Å²) < 4.78 is 5.79. The predicted molar refractivity (Wildman–Crippen MR) is 130 cm³/mol. The van der Waals surface area contributed by atoms with Crippen molar-refractivity contribution in [3.63, 3.8) is 0 Å². The Kier molecular flexibility index (Phi) is 8.02. The minimum absolute atomic E-state index is 0.0151. The van der Waals surface area contributed by atoms with Crippen LogP contribution in [0.25, 0.3) is 0 Å². The van der Waals surface area contributed by atoms with Crippen molar-refractivity contribution >= 4 is 34.8 Å². The molecule has 2 aromatic carbocycles. The summed E-state index contributed by atoms with van der Waals surface area (Å²) >= 11 is 6.53. The molecule has 1 fully saturated rings. The van der Waals surface area contributed by atoms with Gasteiger partial charge in [-0.1, -0.05) is 38.4 Å². The lowest BCUT2D eigenvalue weighted by atomic mass is 10.1.